The summed E-state index contributed by atoms with van der Waals surface area (Å²) in [6, 6.07) is 34.2. The van der Waals surface area contributed by atoms with Gasteiger partial charge in [-0.3, -0.25) is 9.80 Å². The summed E-state index contributed by atoms with van der Waals surface area (Å²) in [5, 5.41) is 24.4. The highest BCUT2D eigenvalue weighted by molar-refractivity contribution is 6.15. The number of rotatable bonds is 8. The van der Waals surface area contributed by atoms with Crippen LogP contribution >= 0.6 is 0 Å². The minimum Gasteiger partial charge on any atom is -0.395 e. The van der Waals surface area contributed by atoms with Crippen molar-refractivity contribution in [2.75, 3.05) is 45.9 Å². The lowest BCUT2D eigenvalue weighted by molar-refractivity contribution is 0.0598. The van der Waals surface area contributed by atoms with Crippen LogP contribution in [0.5, 0.6) is 0 Å². The molecule has 0 bridgehead atoms. The number of piperazine rings is 1. The minimum atomic E-state index is -0.514. The van der Waals surface area contributed by atoms with E-state index in [1.54, 1.807) is 0 Å². The number of β-amino-alcohol motifs (C(OH)–C–C–N with tert-alkyl or cyclic N) is 2. The summed E-state index contributed by atoms with van der Waals surface area (Å²) in [6.07, 6.45) is -0.514. The van der Waals surface area contributed by atoms with Gasteiger partial charge in [0.05, 0.1) is 30.5 Å². The molecular formula is C33H35N3O2. The quantitative estimate of drug-likeness (QED) is 0.308. The van der Waals surface area contributed by atoms with E-state index in [1.807, 2.05) is 0 Å². The van der Waals surface area contributed by atoms with E-state index < -0.39 is 6.10 Å². The molecule has 38 heavy (non-hydrogen) atoms. The number of hydrogen-bond donors (Lipinski definition) is 2. The van der Waals surface area contributed by atoms with Crippen molar-refractivity contribution in [3.8, 4) is 22.4 Å². The van der Waals surface area contributed by atoms with Crippen molar-refractivity contribution in [2.45, 2.75) is 12.6 Å². The average Bonchev–Trinajstić information content (AvgIpc) is 3.29. The van der Waals surface area contributed by atoms with Gasteiger partial charge in [0.1, 0.15) is 0 Å². The van der Waals surface area contributed by atoms with E-state index in [9.17, 15) is 10.2 Å². The van der Waals surface area contributed by atoms with Gasteiger partial charge in [0.25, 0.3) is 0 Å². The predicted molar refractivity (Wildman–Crippen MR) is 156 cm³/mol. The number of fused-ring (bicyclic) bond motifs is 3. The number of aromatic nitrogens is 1. The average molecular weight is 506 g/mol. The monoisotopic (exact) mass is 505 g/mol. The molecule has 5 heteroatoms. The third-order valence-corrected chi connectivity index (χ3v) is 7.80. The second-order valence-electron chi connectivity index (χ2n) is 10.3. The molecule has 1 aromatic heterocycles. The van der Waals surface area contributed by atoms with Crippen molar-refractivity contribution in [3.05, 3.63) is 97.1 Å². The van der Waals surface area contributed by atoms with Crippen molar-refractivity contribution in [1.29, 1.82) is 0 Å². The Hall–Kier alpha value is -3.48. The van der Waals surface area contributed by atoms with Crippen LogP contribution in [0.2, 0.25) is 0 Å². The SMILES string of the molecule is OCCN1CCN(C[C@H](O)Cn2c(-c3ccccc3)c(-c3ccccc3)c3ccc4ccccc4c32)CC1. The lowest BCUT2D eigenvalue weighted by atomic mass is 9.97. The molecule has 0 amide bonds. The number of aliphatic hydroxyl groups excluding tert-OH is 2. The highest BCUT2D eigenvalue weighted by atomic mass is 16.3. The van der Waals surface area contributed by atoms with E-state index in [-0.39, 0.29) is 6.61 Å². The first-order chi connectivity index (χ1) is 18.7. The van der Waals surface area contributed by atoms with Crippen molar-refractivity contribution >= 4 is 21.7 Å². The summed E-state index contributed by atoms with van der Waals surface area (Å²) in [7, 11) is 0. The van der Waals surface area contributed by atoms with Gasteiger partial charge in [-0.1, -0.05) is 97.1 Å². The van der Waals surface area contributed by atoms with Crippen molar-refractivity contribution in [3.63, 3.8) is 0 Å². The molecule has 0 unspecified atom stereocenters. The number of aliphatic hydroxyl groups is 2. The largest absolute Gasteiger partial charge is 0.395 e. The number of hydrogen-bond acceptors (Lipinski definition) is 4. The second-order valence-corrected chi connectivity index (χ2v) is 10.3. The topological polar surface area (TPSA) is 51.9 Å². The van der Waals surface area contributed by atoms with Crippen molar-refractivity contribution in [2.24, 2.45) is 0 Å². The summed E-state index contributed by atoms with van der Waals surface area (Å²) in [5.74, 6) is 0. The van der Waals surface area contributed by atoms with Gasteiger partial charge < -0.3 is 14.8 Å². The third-order valence-electron chi connectivity index (χ3n) is 7.80. The highest BCUT2D eigenvalue weighted by Crippen LogP contribution is 2.43. The molecule has 5 nitrogen and oxygen atoms in total. The Morgan fingerprint density at radius 2 is 1.26 bits per heavy atom. The summed E-state index contributed by atoms with van der Waals surface area (Å²) in [5.41, 5.74) is 5.86. The fourth-order valence-corrected chi connectivity index (χ4v) is 6.00. The minimum absolute atomic E-state index is 0.198. The maximum atomic E-state index is 11.5. The van der Waals surface area contributed by atoms with Crippen molar-refractivity contribution < 1.29 is 10.2 Å². The van der Waals surface area contributed by atoms with Crippen molar-refractivity contribution in [1.82, 2.24) is 14.4 Å². The lowest BCUT2D eigenvalue weighted by Gasteiger charge is -2.35. The Morgan fingerprint density at radius 3 is 1.97 bits per heavy atom. The molecule has 0 spiro atoms. The molecule has 1 aliphatic rings. The van der Waals surface area contributed by atoms with Gasteiger partial charge >= 0.3 is 0 Å². The zero-order valence-corrected chi connectivity index (χ0v) is 21.7. The zero-order valence-electron chi connectivity index (χ0n) is 21.7. The fraction of sp³-hybridized carbons (Fsp3) is 0.273. The van der Waals surface area contributed by atoms with E-state index in [0.29, 0.717) is 13.1 Å². The maximum absolute atomic E-state index is 11.5. The van der Waals surface area contributed by atoms with Crippen LogP contribution in [-0.4, -0.2) is 76.6 Å². The molecule has 0 radical (unpaired) electrons. The van der Waals surface area contributed by atoms with Gasteiger partial charge in [0, 0.05) is 55.6 Å². The first-order valence-corrected chi connectivity index (χ1v) is 13.6. The highest BCUT2D eigenvalue weighted by Gasteiger charge is 2.25. The van der Waals surface area contributed by atoms with Crippen LogP contribution in [0.4, 0.5) is 0 Å². The van der Waals surface area contributed by atoms with E-state index in [0.717, 1.165) is 44.0 Å². The van der Waals surface area contributed by atoms with Gasteiger partial charge in [-0.05, 0) is 16.5 Å². The van der Waals surface area contributed by atoms with Crippen LogP contribution in [0, 0.1) is 0 Å². The Labute approximate surface area is 224 Å². The van der Waals surface area contributed by atoms with Gasteiger partial charge in [-0.15, -0.1) is 0 Å². The van der Waals surface area contributed by atoms with E-state index in [4.69, 9.17) is 0 Å². The smallest absolute Gasteiger partial charge is 0.0845 e. The zero-order chi connectivity index (χ0) is 25.9. The Bertz CT molecular complexity index is 1510. The fourth-order valence-electron chi connectivity index (χ4n) is 6.00. The molecule has 5 aromatic rings. The Balaban J connectivity index is 1.47. The van der Waals surface area contributed by atoms with Crippen LogP contribution in [0.1, 0.15) is 0 Å². The van der Waals surface area contributed by atoms with Gasteiger partial charge in [0.2, 0.25) is 0 Å². The van der Waals surface area contributed by atoms with Crippen LogP contribution in [-0.2, 0) is 6.54 Å². The molecule has 6 rings (SSSR count). The second kappa shape index (κ2) is 11.1. The molecule has 1 atom stereocenters. The van der Waals surface area contributed by atoms with Gasteiger partial charge in [-0.25, -0.2) is 0 Å². The molecule has 2 heterocycles. The van der Waals surface area contributed by atoms with E-state index in [2.05, 4.69) is 111 Å². The number of benzene rings is 4. The molecule has 4 aromatic carbocycles. The predicted octanol–water partition coefficient (Wildman–Crippen LogP) is 5.10. The lowest BCUT2D eigenvalue weighted by Crippen LogP contribution is -2.49. The summed E-state index contributed by atoms with van der Waals surface area (Å²) < 4.78 is 2.36. The molecule has 0 saturated carbocycles. The summed E-state index contributed by atoms with van der Waals surface area (Å²) >= 11 is 0. The van der Waals surface area contributed by atoms with Gasteiger partial charge in [-0.2, -0.15) is 0 Å². The first kappa shape index (κ1) is 24.8. The Kier molecular flexibility index (Phi) is 7.25. The molecule has 0 aliphatic carbocycles. The molecule has 1 aliphatic heterocycles. The Morgan fingerprint density at radius 1 is 0.632 bits per heavy atom. The number of nitrogens with zero attached hydrogens (tertiary/aromatic N) is 3. The van der Waals surface area contributed by atoms with Crippen LogP contribution < -0.4 is 0 Å². The molecule has 1 fully saturated rings. The normalized spacial score (nSPS) is 15.8. The van der Waals surface area contributed by atoms with Gasteiger partial charge in [0.15, 0.2) is 0 Å². The molecule has 2 N–H and O–H groups in total. The maximum Gasteiger partial charge on any atom is 0.0845 e. The molecule has 194 valence electrons. The van der Waals surface area contributed by atoms with E-state index in [1.165, 1.54) is 32.8 Å². The van der Waals surface area contributed by atoms with Crippen LogP contribution in [0.25, 0.3) is 44.1 Å². The van der Waals surface area contributed by atoms with Crippen LogP contribution in [0.15, 0.2) is 97.1 Å². The first-order valence-electron chi connectivity index (χ1n) is 13.6. The van der Waals surface area contributed by atoms with E-state index >= 15 is 0 Å². The summed E-state index contributed by atoms with van der Waals surface area (Å²) in [6.45, 7) is 5.74. The standard InChI is InChI=1S/C33H35N3O2/c37-22-21-34-17-19-35(20-18-34)23-28(38)24-36-32(27-12-5-2-6-13-27)31(26-10-3-1-4-11-26)30-16-15-25-9-7-8-14-29(25)33(30)36/h1-16,28,37-38H,17-24H2/t28-/m0/s1. The summed E-state index contributed by atoms with van der Waals surface area (Å²) in [4.78, 5) is 4.64. The molecular weight excluding hydrogens is 470 g/mol. The molecule has 1 saturated heterocycles. The third kappa shape index (κ3) is 4.86. The van der Waals surface area contributed by atoms with Crippen LogP contribution in [0.3, 0.4) is 0 Å².